The summed E-state index contributed by atoms with van der Waals surface area (Å²) in [5.41, 5.74) is 3.12. The second-order valence-corrected chi connectivity index (χ2v) is 5.46. The van der Waals surface area contributed by atoms with Crippen LogP contribution < -0.4 is 0 Å². The summed E-state index contributed by atoms with van der Waals surface area (Å²) in [6.07, 6.45) is 5.80. The Labute approximate surface area is 102 Å². The van der Waals surface area contributed by atoms with E-state index in [0.29, 0.717) is 5.92 Å². The molecule has 0 saturated carbocycles. The molecule has 1 heterocycles. The van der Waals surface area contributed by atoms with Gasteiger partial charge in [0.1, 0.15) is 0 Å². The summed E-state index contributed by atoms with van der Waals surface area (Å²) in [4.78, 5) is 0. The van der Waals surface area contributed by atoms with E-state index in [9.17, 15) is 0 Å². The molecule has 1 saturated heterocycles. The molecule has 2 heteroatoms. The number of halogens is 1. The van der Waals surface area contributed by atoms with E-state index in [-0.39, 0.29) is 5.41 Å². The molecule has 1 aromatic rings. The molecule has 0 bridgehead atoms. The average molecular weight is 234 g/mol. The van der Waals surface area contributed by atoms with Gasteiger partial charge < -0.3 is 0 Å². The van der Waals surface area contributed by atoms with E-state index in [1.165, 1.54) is 11.1 Å². The Bertz CT molecular complexity index is 440. The summed E-state index contributed by atoms with van der Waals surface area (Å²) in [6, 6.07) is 8.74. The summed E-state index contributed by atoms with van der Waals surface area (Å²) < 4.78 is 1.92. The first-order valence-corrected chi connectivity index (χ1v) is 6.26. The third-order valence-corrected chi connectivity index (χ3v) is 4.45. The van der Waals surface area contributed by atoms with Crippen molar-refractivity contribution in [3.05, 3.63) is 41.5 Å². The lowest BCUT2D eigenvalue weighted by Gasteiger charge is -2.42. The maximum Gasteiger partial charge on any atom is 0.0192 e. The molecule has 0 radical (unpaired) electrons. The van der Waals surface area contributed by atoms with Gasteiger partial charge in [-0.1, -0.05) is 43.3 Å². The second-order valence-electron chi connectivity index (χ2n) is 4.98. The van der Waals surface area contributed by atoms with Gasteiger partial charge in [-0.15, -0.1) is 0 Å². The van der Waals surface area contributed by atoms with Gasteiger partial charge in [0.25, 0.3) is 0 Å². The number of rotatable bonds is 0. The standard InChI is InChI=1S/C14H16ClN/c1-11-10-16(15)9-8-14(11)7-6-12-4-2-3-5-13(12)14/h2-7,11H,8-10H2,1H3/t11-,14-/m0/s1. The van der Waals surface area contributed by atoms with Gasteiger partial charge in [0.2, 0.25) is 0 Å². The van der Waals surface area contributed by atoms with E-state index in [1.807, 2.05) is 4.42 Å². The monoisotopic (exact) mass is 233 g/mol. The minimum absolute atomic E-state index is 0.238. The lowest BCUT2D eigenvalue weighted by Crippen LogP contribution is -2.43. The van der Waals surface area contributed by atoms with Crippen LogP contribution in [0.2, 0.25) is 0 Å². The van der Waals surface area contributed by atoms with E-state index in [2.05, 4.69) is 43.3 Å². The number of allylic oxidation sites excluding steroid dienone is 1. The molecule has 1 spiro atoms. The van der Waals surface area contributed by atoms with E-state index in [1.54, 1.807) is 0 Å². The molecule has 0 amide bonds. The predicted molar refractivity (Wildman–Crippen MR) is 68.4 cm³/mol. The van der Waals surface area contributed by atoms with Crippen LogP contribution in [0.25, 0.3) is 6.08 Å². The van der Waals surface area contributed by atoms with Gasteiger partial charge >= 0.3 is 0 Å². The number of piperidine rings is 1. The Morgan fingerprint density at radius 2 is 2.19 bits per heavy atom. The molecule has 0 aromatic heterocycles. The SMILES string of the molecule is C[C@H]1CN(Cl)CC[C@@]12C=Cc1ccccc12. The van der Waals surface area contributed by atoms with Crippen LogP contribution in [-0.4, -0.2) is 17.5 Å². The molecular formula is C14H16ClN. The highest BCUT2D eigenvalue weighted by atomic mass is 35.5. The van der Waals surface area contributed by atoms with Crippen LogP contribution in [0.1, 0.15) is 24.5 Å². The molecule has 1 nitrogen and oxygen atoms in total. The highest BCUT2D eigenvalue weighted by Gasteiger charge is 2.42. The van der Waals surface area contributed by atoms with Gasteiger partial charge in [-0.3, -0.25) is 0 Å². The molecule has 2 atom stereocenters. The minimum Gasteiger partial charge on any atom is -0.220 e. The van der Waals surface area contributed by atoms with Crippen LogP contribution in [-0.2, 0) is 5.41 Å². The largest absolute Gasteiger partial charge is 0.220 e. The van der Waals surface area contributed by atoms with E-state index < -0.39 is 0 Å². The Hall–Kier alpha value is -0.790. The topological polar surface area (TPSA) is 3.24 Å². The summed E-state index contributed by atoms with van der Waals surface area (Å²) in [7, 11) is 0. The molecule has 0 unspecified atom stereocenters. The smallest absolute Gasteiger partial charge is 0.0192 e. The minimum atomic E-state index is 0.238. The van der Waals surface area contributed by atoms with Crippen LogP contribution in [0, 0.1) is 5.92 Å². The van der Waals surface area contributed by atoms with Gasteiger partial charge in [-0.05, 0) is 35.2 Å². The zero-order chi connectivity index (χ0) is 11.2. The van der Waals surface area contributed by atoms with Crippen LogP contribution in [0.15, 0.2) is 30.3 Å². The van der Waals surface area contributed by atoms with Gasteiger partial charge in [0, 0.05) is 18.5 Å². The van der Waals surface area contributed by atoms with E-state index in [4.69, 9.17) is 11.8 Å². The summed E-state index contributed by atoms with van der Waals surface area (Å²) >= 11 is 6.11. The number of nitrogens with zero attached hydrogens (tertiary/aromatic N) is 1. The van der Waals surface area contributed by atoms with Gasteiger partial charge in [-0.25, -0.2) is 4.42 Å². The Balaban J connectivity index is 2.05. The third-order valence-electron chi connectivity index (χ3n) is 4.14. The van der Waals surface area contributed by atoms with E-state index in [0.717, 1.165) is 19.5 Å². The normalized spacial score (nSPS) is 33.2. The number of hydrogen-bond acceptors (Lipinski definition) is 1. The average Bonchev–Trinajstić information content (AvgIpc) is 2.65. The molecule has 2 aliphatic rings. The second kappa shape index (κ2) is 3.61. The highest BCUT2D eigenvalue weighted by Crippen LogP contribution is 2.46. The summed E-state index contributed by atoms with van der Waals surface area (Å²) in [5.74, 6) is 0.582. The fourth-order valence-electron chi connectivity index (χ4n) is 3.15. The van der Waals surface area contributed by atoms with Crippen molar-refractivity contribution in [2.24, 2.45) is 5.92 Å². The molecule has 1 aromatic carbocycles. The van der Waals surface area contributed by atoms with Crippen molar-refractivity contribution in [2.45, 2.75) is 18.8 Å². The van der Waals surface area contributed by atoms with Crippen molar-refractivity contribution in [3.63, 3.8) is 0 Å². The number of benzene rings is 1. The fourth-order valence-corrected chi connectivity index (χ4v) is 3.44. The van der Waals surface area contributed by atoms with Crippen LogP contribution in [0.3, 0.4) is 0 Å². The zero-order valence-corrected chi connectivity index (χ0v) is 10.2. The quantitative estimate of drug-likeness (QED) is 0.621. The molecular weight excluding hydrogens is 218 g/mol. The van der Waals surface area contributed by atoms with Crippen molar-refractivity contribution in [1.82, 2.24) is 4.42 Å². The molecule has 1 fully saturated rings. The van der Waals surface area contributed by atoms with E-state index >= 15 is 0 Å². The maximum absolute atomic E-state index is 6.11. The van der Waals surface area contributed by atoms with Gasteiger partial charge in [0.15, 0.2) is 0 Å². The molecule has 1 aliphatic carbocycles. The first-order valence-electron chi connectivity index (χ1n) is 5.92. The molecule has 0 N–H and O–H groups in total. The zero-order valence-electron chi connectivity index (χ0n) is 9.49. The Morgan fingerprint density at radius 1 is 1.38 bits per heavy atom. The third kappa shape index (κ3) is 1.35. The summed E-state index contributed by atoms with van der Waals surface area (Å²) in [5, 5.41) is 0. The molecule has 84 valence electrons. The van der Waals surface area contributed by atoms with Crippen molar-refractivity contribution < 1.29 is 0 Å². The predicted octanol–water partition coefficient (Wildman–Crippen LogP) is 3.45. The van der Waals surface area contributed by atoms with Crippen molar-refractivity contribution in [2.75, 3.05) is 13.1 Å². The number of fused-ring (bicyclic) bond motifs is 2. The fraction of sp³-hybridized carbons (Fsp3) is 0.429. The molecule has 16 heavy (non-hydrogen) atoms. The summed E-state index contributed by atoms with van der Waals surface area (Å²) in [6.45, 7) is 4.26. The first-order chi connectivity index (χ1) is 7.72. The highest BCUT2D eigenvalue weighted by molar-refractivity contribution is 6.13. The van der Waals surface area contributed by atoms with Crippen LogP contribution >= 0.6 is 11.8 Å². The van der Waals surface area contributed by atoms with Crippen molar-refractivity contribution in [3.8, 4) is 0 Å². The lowest BCUT2D eigenvalue weighted by atomic mass is 9.68. The van der Waals surface area contributed by atoms with Gasteiger partial charge in [0.05, 0.1) is 0 Å². The Kier molecular flexibility index (Phi) is 2.34. The van der Waals surface area contributed by atoms with Gasteiger partial charge in [-0.2, -0.15) is 0 Å². The first kappa shape index (κ1) is 10.4. The number of hydrogen-bond donors (Lipinski definition) is 0. The van der Waals surface area contributed by atoms with Crippen LogP contribution in [0.4, 0.5) is 0 Å². The molecule has 1 aliphatic heterocycles. The Morgan fingerprint density at radius 3 is 3.00 bits per heavy atom. The lowest BCUT2D eigenvalue weighted by molar-refractivity contribution is 0.203. The molecule has 3 rings (SSSR count). The van der Waals surface area contributed by atoms with Crippen molar-refractivity contribution >= 4 is 17.9 Å². The maximum atomic E-state index is 6.11. The van der Waals surface area contributed by atoms with Crippen LogP contribution in [0.5, 0.6) is 0 Å². The van der Waals surface area contributed by atoms with Crippen molar-refractivity contribution in [1.29, 1.82) is 0 Å².